The Kier molecular flexibility index (Phi) is 7.53. The minimum absolute atomic E-state index is 0.113. The van der Waals surface area contributed by atoms with Crippen molar-refractivity contribution in [2.24, 2.45) is 0 Å². The van der Waals surface area contributed by atoms with Crippen molar-refractivity contribution in [2.45, 2.75) is 25.8 Å². The molecule has 0 bridgehead atoms. The van der Waals surface area contributed by atoms with Crippen LogP contribution in [0.25, 0.3) is 0 Å². The van der Waals surface area contributed by atoms with Crippen LogP contribution in [0.4, 0.5) is 4.79 Å². The third-order valence-corrected chi connectivity index (χ3v) is 4.20. The van der Waals surface area contributed by atoms with Gasteiger partial charge in [-0.25, -0.2) is 4.79 Å². The number of amides is 2. The summed E-state index contributed by atoms with van der Waals surface area (Å²) in [4.78, 5) is 25.5. The zero-order chi connectivity index (χ0) is 18.1. The van der Waals surface area contributed by atoms with E-state index in [0.717, 1.165) is 12.8 Å². The van der Waals surface area contributed by atoms with Crippen molar-refractivity contribution < 1.29 is 19.1 Å². The van der Waals surface area contributed by atoms with Gasteiger partial charge in [0.15, 0.2) is 0 Å². The lowest BCUT2D eigenvalue weighted by Gasteiger charge is -2.31. The number of nitrogens with zero attached hydrogens (tertiary/aromatic N) is 1. The van der Waals surface area contributed by atoms with Crippen LogP contribution in [0.2, 0.25) is 0 Å². The predicted octanol–water partition coefficient (Wildman–Crippen LogP) is 1.64. The van der Waals surface area contributed by atoms with Gasteiger partial charge in [-0.15, -0.1) is 0 Å². The molecule has 2 N–H and O–H groups in total. The summed E-state index contributed by atoms with van der Waals surface area (Å²) in [6.07, 6.45) is 1.55. The molecule has 0 unspecified atom stereocenters. The molecule has 0 aromatic heterocycles. The number of piperidine rings is 1. The van der Waals surface area contributed by atoms with Gasteiger partial charge in [0.1, 0.15) is 5.75 Å². The fourth-order valence-corrected chi connectivity index (χ4v) is 2.80. The van der Waals surface area contributed by atoms with Gasteiger partial charge < -0.3 is 25.0 Å². The number of hydrogen-bond donors (Lipinski definition) is 2. The first-order valence-corrected chi connectivity index (χ1v) is 8.71. The van der Waals surface area contributed by atoms with Gasteiger partial charge in [-0.1, -0.05) is 6.07 Å². The number of methoxy groups -OCH3 is 1. The molecule has 2 rings (SSSR count). The second-order valence-electron chi connectivity index (χ2n) is 5.90. The van der Waals surface area contributed by atoms with Gasteiger partial charge in [0, 0.05) is 37.8 Å². The van der Waals surface area contributed by atoms with Crippen molar-refractivity contribution in [1.82, 2.24) is 15.5 Å². The van der Waals surface area contributed by atoms with Gasteiger partial charge in [-0.3, -0.25) is 4.79 Å². The molecule has 0 spiro atoms. The van der Waals surface area contributed by atoms with Crippen molar-refractivity contribution in [2.75, 3.05) is 39.9 Å². The zero-order valence-corrected chi connectivity index (χ0v) is 14.9. The molecule has 2 amide bonds. The molecule has 0 saturated carbocycles. The van der Waals surface area contributed by atoms with Crippen molar-refractivity contribution in [3.63, 3.8) is 0 Å². The Bertz CT molecular complexity index is 571. The van der Waals surface area contributed by atoms with E-state index < -0.39 is 0 Å². The first-order chi connectivity index (χ1) is 12.1. The highest BCUT2D eigenvalue weighted by atomic mass is 16.6. The van der Waals surface area contributed by atoms with Gasteiger partial charge in [0.2, 0.25) is 0 Å². The molecule has 7 heteroatoms. The number of rotatable bonds is 7. The molecule has 1 saturated heterocycles. The van der Waals surface area contributed by atoms with E-state index in [0.29, 0.717) is 50.1 Å². The van der Waals surface area contributed by atoms with E-state index in [1.54, 1.807) is 36.3 Å². The highest BCUT2D eigenvalue weighted by Gasteiger charge is 2.22. The highest BCUT2D eigenvalue weighted by Crippen LogP contribution is 2.12. The van der Waals surface area contributed by atoms with Crippen LogP contribution in [0.1, 0.15) is 30.1 Å². The third-order valence-electron chi connectivity index (χ3n) is 4.20. The number of carbonyl (C=O) groups is 2. The summed E-state index contributed by atoms with van der Waals surface area (Å²) in [7, 11) is 1.58. The maximum absolute atomic E-state index is 12.1. The summed E-state index contributed by atoms with van der Waals surface area (Å²) in [6.45, 7) is 4.86. The summed E-state index contributed by atoms with van der Waals surface area (Å²) in [5.41, 5.74) is 0.585. The van der Waals surface area contributed by atoms with Crippen LogP contribution in [0.15, 0.2) is 24.3 Å². The van der Waals surface area contributed by atoms with Crippen LogP contribution < -0.4 is 15.4 Å². The molecule has 0 aliphatic carbocycles. The lowest BCUT2D eigenvalue weighted by Crippen LogP contribution is -2.46. The lowest BCUT2D eigenvalue weighted by molar-refractivity contribution is 0.0931. The first kappa shape index (κ1) is 19.1. The number of hydrogen-bond acceptors (Lipinski definition) is 5. The fraction of sp³-hybridized carbons (Fsp3) is 0.556. The molecule has 1 aliphatic rings. The van der Waals surface area contributed by atoms with Crippen molar-refractivity contribution >= 4 is 12.0 Å². The van der Waals surface area contributed by atoms with E-state index in [4.69, 9.17) is 9.47 Å². The Labute approximate surface area is 148 Å². The SMILES string of the molecule is CCOC(=O)N1CCC(NCCNC(=O)c2cccc(OC)c2)CC1. The Balaban J connectivity index is 1.63. The third kappa shape index (κ3) is 5.94. The van der Waals surface area contributed by atoms with E-state index in [9.17, 15) is 9.59 Å². The number of benzene rings is 1. The Morgan fingerprint density at radius 3 is 2.68 bits per heavy atom. The second-order valence-corrected chi connectivity index (χ2v) is 5.90. The predicted molar refractivity (Wildman–Crippen MR) is 94.9 cm³/mol. The second kappa shape index (κ2) is 9.88. The van der Waals surface area contributed by atoms with Crippen LogP contribution in [0.5, 0.6) is 5.75 Å². The molecule has 1 aliphatic heterocycles. The lowest BCUT2D eigenvalue weighted by atomic mass is 10.1. The van der Waals surface area contributed by atoms with Gasteiger partial charge in [-0.05, 0) is 38.0 Å². The number of carbonyl (C=O) groups excluding carboxylic acids is 2. The smallest absolute Gasteiger partial charge is 0.409 e. The molecule has 1 heterocycles. The van der Waals surface area contributed by atoms with Crippen LogP contribution in [0.3, 0.4) is 0 Å². The topological polar surface area (TPSA) is 79.9 Å². The summed E-state index contributed by atoms with van der Waals surface area (Å²) in [5, 5.41) is 6.32. The summed E-state index contributed by atoms with van der Waals surface area (Å²) < 4.78 is 10.1. The number of nitrogens with one attached hydrogen (secondary N) is 2. The summed E-state index contributed by atoms with van der Waals surface area (Å²) in [6, 6.07) is 7.44. The molecule has 25 heavy (non-hydrogen) atoms. The molecular formula is C18H27N3O4. The molecule has 1 fully saturated rings. The molecule has 1 aromatic rings. The van der Waals surface area contributed by atoms with Gasteiger partial charge in [0.25, 0.3) is 5.91 Å². The summed E-state index contributed by atoms with van der Waals surface area (Å²) >= 11 is 0. The van der Waals surface area contributed by atoms with Crippen molar-refractivity contribution in [3.8, 4) is 5.75 Å². The Hall–Kier alpha value is -2.28. The number of ether oxygens (including phenoxy) is 2. The van der Waals surface area contributed by atoms with Crippen LogP contribution in [0, 0.1) is 0 Å². The van der Waals surface area contributed by atoms with E-state index in [1.807, 2.05) is 6.92 Å². The minimum atomic E-state index is -0.230. The summed E-state index contributed by atoms with van der Waals surface area (Å²) in [5.74, 6) is 0.553. The van der Waals surface area contributed by atoms with Gasteiger partial charge >= 0.3 is 6.09 Å². The first-order valence-electron chi connectivity index (χ1n) is 8.71. The van der Waals surface area contributed by atoms with Crippen LogP contribution in [-0.4, -0.2) is 62.8 Å². The van der Waals surface area contributed by atoms with E-state index >= 15 is 0 Å². The quantitative estimate of drug-likeness (QED) is 0.732. The molecule has 138 valence electrons. The number of likely N-dealkylation sites (tertiary alicyclic amines) is 1. The van der Waals surface area contributed by atoms with E-state index in [2.05, 4.69) is 10.6 Å². The average molecular weight is 349 g/mol. The molecule has 1 aromatic carbocycles. The standard InChI is InChI=1S/C18H27N3O4/c1-3-25-18(23)21-11-7-15(8-12-21)19-9-10-20-17(22)14-5-4-6-16(13-14)24-2/h4-6,13,15,19H,3,7-12H2,1-2H3,(H,20,22). The minimum Gasteiger partial charge on any atom is -0.497 e. The normalized spacial score (nSPS) is 14.9. The van der Waals surface area contributed by atoms with Crippen LogP contribution in [-0.2, 0) is 4.74 Å². The fourth-order valence-electron chi connectivity index (χ4n) is 2.80. The molecule has 7 nitrogen and oxygen atoms in total. The van der Waals surface area contributed by atoms with Crippen molar-refractivity contribution in [1.29, 1.82) is 0 Å². The monoisotopic (exact) mass is 349 g/mol. The Morgan fingerprint density at radius 2 is 2.00 bits per heavy atom. The highest BCUT2D eigenvalue weighted by molar-refractivity contribution is 5.94. The molecule has 0 atom stereocenters. The van der Waals surface area contributed by atoms with Gasteiger partial charge in [-0.2, -0.15) is 0 Å². The molecular weight excluding hydrogens is 322 g/mol. The maximum Gasteiger partial charge on any atom is 0.409 e. The van der Waals surface area contributed by atoms with E-state index in [-0.39, 0.29) is 12.0 Å². The van der Waals surface area contributed by atoms with Crippen molar-refractivity contribution in [3.05, 3.63) is 29.8 Å². The Morgan fingerprint density at radius 1 is 1.24 bits per heavy atom. The van der Waals surface area contributed by atoms with Crippen LogP contribution >= 0.6 is 0 Å². The average Bonchev–Trinajstić information content (AvgIpc) is 2.65. The van der Waals surface area contributed by atoms with E-state index in [1.165, 1.54) is 0 Å². The van der Waals surface area contributed by atoms with Gasteiger partial charge in [0.05, 0.1) is 13.7 Å². The zero-order valence-electron chi connectivity index (χ0n) is 14.9. The maximum atomic E-state index is 12.1. The molecule has 0 radical (unpaired) electrons. The largest absolute Gasteiger partial charge is 0.497 e.